The van der Waals surface area contributed by atoms with Crippen LogP contribution in [0.4, 0.5) is 4.79 Å². The summed E-state index contributed by atoms with van der Waals surface area (Å²) >= 11 is 0. The summed E-state index contributed by atoms with van der Waals surface area (Å²) in [5.41, 5.74) is 6.15. The third-order valence-corrected chi connectivity index (χ3v) is 6.63. The summed E-state index contributed by atoms with van der Waals surface area (Å²) in [6, 6.07) is 30.5. The second-order valence-corrected chi connectivity index (χ2v) is 8.96. The molecular weight excluding hydrogens is 482 g/mol. The highest BCUT2D eigenvalue weighted by Crippen LogP contribution is 2.44. The van der Waals surface area contributed by atoms with Gasteiger partial charge in [0.25, 0.3) is 0 Å². The van der Waals surface area contributed by atoms with Crippen LogP contribution in [0.3, 0.4) is 0 Å². The second kappa shape index (κ2) is 11.5. The van der Waals surface area contributed by atoms with E-state index < -0.39 is 18.1 Å². The summed E-state index contributed by atoms with van der Waals surface area (Å²) < 4.78 is 5.50. The number of carboxylic acid groups (broad SMARTS) is 1. The molecule has 0 saturated carbocycles. The maximum atomic E-state index is 12.6. The summed E-state index contributed by atoms with van der Waals surface area (Å²) in [4.78, 5) is 37.1. The number of amides is 1. The Morgan fingerprint density at radius 1 is 0.737 bits per heavy atom. The number of fused-ring (bicyclic) bond motifs is 3. The van der Waals surface area contributed by atoms with E-state index in [2.05, 4.69) is 5.32 Å². The van der Waals surface area contributed by atoms with Gasteiger partial charge in [0.2, 0.25) is 0 Å². The molecule has 1 atom stereocenters. The van der Waals surface area contributed by atoms with Crippen LogP contribution in [0.2, 0.25) is 0 Å². The van der Waals surface area contributed by atoms with Crippen molar-refractivity contribution in [2.24, 2.45) is 0 Å². The van der Waals surface area contributed by atoms with Gasteiger partial charge in [-0.25, -0.2) is 9.59 Å². The van der Waals surface area contributed by atoms with Crippen LogP contribution < -0.4 is 5.32 Å². The van der Waals surface area contributed by atoms with Crippen molar-refractivity contribution in [1.82, 2.24) is 5.32 Å². The molecule has 38 heavy (non-hydrogen) atoms. The Balaban J connectivity index is 0.00000336. The number of carboxylic acids is 1. The summed E-state index contributed by atoms with van der Waals surface area (Å²) in [5.74, 6) is -1.40. The summed E-state index contributed by atoms with van der Waals surface area (Å²) in [5, 5.41) is 12.2. The van der Waals surface area contributed by atoms with Crippen molar-refractivity contribution in [3.05, 3.63) is 131 Å². The van der Waals surface area contributed by atoms with Gasteiger partial charge in [-0.2, -0.15) is 0 Å². The fourth-order valence-corrected chi connectivity index (χ4v) is 4.77. The molecule has 5 rings (SSSR count). The average Bonchev–Trinajstić information content (AvgIpc) is 3.25. The van der Waals surface area contributed by atoms with Gasteiger partial charge in [0.15, 0.2) is 5.78 Å². The molecule has 0 heterocycles. The number of benzene rings is 4. The molecule has 1 aliphatic rings. The molecule has 7 nitrogen and oxygen atoms in total. The van der Waals surface area contributed by atoms with E-state index >= 15 is 0 Å². The van der Waals surface area contributed by atoms with E-state index in [4.69, 9.17) is 4.74 Å². The smallest absolute Gasteiger partial charge is 0.407 e. The van der Waals surface area contributed by atoms with E-state index in [1.165, 1.54) is 0 Å². The molecule has 0 spiro atoms. The molecule has 4 aromatic rings. The number of nitrogens with one attached hydrogen (secondary N) is 1. The van der Waals surface area contributed by atoms with E-state index in [1.54, 1.807) is 48.5 Å². The van der Waals surface area contributed by atoms with Gasteiger partial charge in [0, 0.05) is 23.5 Å². The Morgan fingerprint density at radius 3 is 1.84 bits per heavy atom. The molecule has 1 aliphatic carbocycles. The van der Waals surface area contributed by atoms with Gasteiger partial charge in [-0.3, -0.25) is 4.79 Å². The van der Waals surface area contributed by atoms with Crippen molar-refractivity contribution in [3.63, 3.8) is 0 Å². The average molecular weight is 510 g/mol. The first-order valence-corrected chi connectivity index (χ1v) is 12.0. The van der Waals surface area contributed by atoms with Crippen LogP contribution in [0.5, 0.6) is 0 Å². The molecular formula is C31H27NO6. The first kappa shape index (κ1) is 26.3. The van der Waals surface area contributed by atoms with Crippen LogP contribution in [0.25, 0.3) is 11.1 Å². The zero-order chi connectivity index (χ0) is 25.8. The van der Waals surface area contributed by atoms with Gasteiger partial charge in [-0.15, -0.1) is 0 Å². The Bertz CT molecular complexity index is 1400. The van der Waals surface area contributed by atoms with Crippen molar-refractivity contribution in [1.29, 1.82) is 0 Å². The molecule has 7 heteroatoms. The lowest BCUT2D eigenvalue weighted by molar-refractivity contribution is -0.139. The molecule has 0 saturated heterocycles. The normalized spacial score (nSPS) is 12.4. The molecule has 0 bridgehead atoms. The van der Waals surface area contributed by atoms with Gasteiger partial charge < -0.3 is 20.6 Å². The predicted molar refractivity (Wildman–Crippen MR) is 143 cm³/mol. The standard InChI is InChI=1S/C31H25NO5.H2O/c33-29(21-8-2-1-3-9-21)22-16-14-20(15-17-22)18-28(30(34)35)32-31(36)37-19-27-25-12-6-4-10-23(25)24-11-5-7-13-26(24)27;/h1-17,27-28H,18-19H2,(H,32,36)(H,34,35);1H2/t28-;/m0./s1. The molecule has 192 valence electrons. The van der Waals surface area contributed by atoms with Gasteiger partial charge in [-0.05, 0) is 27.8 Å². The van der Waals surface area contributed by atoms with Crippen LogP contribution in [0.15, 0.2) is 103 Å². The van der Waals surface area contributed by atoms with Crippen molar-refractivity contribution in [3.8, 4) is 11.1 Å². The van der Waals surface area contributed by atoms with Crippen molar-refractivity contribution < 1.29 is 29.7 Å². The first-order valence-electron chi connectivity index (χ1n) is 12.0. The van der Waals surface area contributed by atoms with Crippen LogP contribution in [0, 0.1) is 0 Å². The summed E-state index contributed by atoms with van der Waals surface area (Å²) in [6.45, 7) is 0.0997. The predicted octanol–water partition coefficient (Wildman–Crippen LogP) is 4.63. The first-order chi connectivity index (χ1) is 18.0. The minimum absolute atomic E-state index is 0. The molecule has 0 unspecified atom stereocenters. The van der Waals surface area contributed by atoms with Crippen LogP contribution >= 0.6 is 0 Å². The molecule has 0 radical (unpaired) electrons. The Morgan fingerprint density at radius 2 is 1.26 bits per heavy atom. The number of ether oxygens (including phenoxy) is 1. The molecule has 4 N–H and O–H groups in total. The van der Waals surface area contributed by atoms with Gasteiger partial charge in [0.05, 0.1) is 0 Å². The third kappa shape index (κ3) is 5.48. The third-order valence-electron chi connectivity index (χ3n) is 6.63. The molecule has 0 aromatic heterocycles. The zero-order valence-electron chi connectivity index (χ0n) is 20.5. The topological polar surface area (TPSA) is 124 Å². The van der Waals surface area contributed by atoms with Gasteiger partial charge in [-0.1, -0.05) is 103 Å². The minimum atomic E-state index is -1.17. The van der Waals surface area contributed by atoms with Crippen LogP contribution in [-0.2, 0) is 16.0 Å². The lowest BCUT2D eigenvalue weighted by atomic mass is 9.98. The van der Waals surface area contributed by atoms with E-state index in [1.807, 2.05) is 54.6 Å². The number of rotatable bonds is 8. The minimum Gasteiger partial charge on any atom is -0.480 e. The lowest BCUT2D eigenvalue weighted by Gasteiger charge is -2.17. The van der Waals surface area contributed by atoms with E-state index in [0.717, 1.165) is 22.3 Å². The van der Waals surface area contributed by atoms with Crippen molar-refractivity contribution in [2.45, 2.75) is 18.4 Å². The van der Waals surface area contributed by atoms with Crippen LogP contribution in [-0.4, -0.2) is 41.1 Å². The molecule has 0 aliphatic heterocycles. The van der Waals surface area contributed by atoms with E-state index in [0.29, 0.717) is 16.7 Å². The van der Waals surface area contributed by atoms with E-state index in [-0.39, 0.29) is 30.2 Å². The fraction of sp³-hybridized carbons (Fsp3) is 0.129. The number of hydrogen-bond donors (Lipinski definition) is 2. The number of ketones is 1. The lowest BCUT2D eigenvalue weighted by Crippen LogP contribution is -2.42. The number of aliphatic carboxylic acids is 1. The highest BCUT2D eigenvalue weighted by atomic mass is 16.5. The van der Waals surface area contributed by atoms with Crippen LogP contribution in [0.1, 0.15) is 38.5 Å². The fourth-order valence-electron chi connectivity index (χ4n) is 4.77. The Kier molecular flexibility index (Phi) is 7.99. The van der Waals surface area contributed by atoms with E-state index in [9.17, 15) is 19.5 Å². The number of carbonyl (C=O) groups excluding carboxylic acids is 2. The monoisotopic (exact) mass is 509 g/mol. The molecule has 1 amide bonds. The quantitative estimate of drug-likeness (QED) is 0.335. The maximum absolute atomic E-state index is 12.6. The largest absolute Gasteiger partial charge is 0.480 e. The molecule has 0 fully saturated rings. The number of hydrogen-bond acceptors (Lipinski definition) is 4. The van der Waals surface area contributed by atoms with Crippen molar-refractivity contribution >= 4 is 17.8 Å². The van der Waals surface area contributed by atoms with Gasteiger partial charge >= 0.3 is 12.1 Å². The highest BCUT2D eigenvalue weighted by molar-refractivity contribution is 6.08. The van der Waals surface area contributed by atoms with Gasteiger partial charge in [0.1, 0.15) is 12.6 Å². The zero-order valence-corrected chi connectivity index (χ0v) is 20.5. The Hall–Kier alpha value is -4.75. The molecule has 4 aromatic carbocycles. The Labute approximate surface area is 220 Å². The second-order valence-electron chi connectivity index (χ2n) is 8.96. The SMILES string of the molecule is O.O=C(N[C@@H](Cc1ccc(C(=O)c2ccccc2)cc1)C(=O)O)OCC1c2ccccc2-c2ccccc21. The van der Waals surface area contributed by atoms with Crippen molar-refractivity contribution in [2.75, 3.05) is 6.61 Å². The summed E-state index contributed by atoms with van der Waals surface area (Å²) in [7, 11) is 0. The number of carbonyl (C=O) groups is 3. The summed E-state index contributed by atoms with van der Waals surface area (Å²) in [6.07, 6.45) is -0.732. The highest BCUT2D eigenvalue weighted by Gasteiger charge is 2.29. The number of alkyl carbamates (subject to hydrolysis) is 1. The maximum Gasteiger partial charge on any atom is 0.407 e.